The summed E-state index contributed by atoms with van der Waals surface area (Å²) in [6.45, 7) is -2.56. The van der Waals surface area contributed by atoms with Gasteiger partial charge >= 0.3 is 60.8 Å². The van der Waals surface area contributed by atoms with Gasteiger partial charge in [0, 0.05) is 29.3 Å². The molecule has 3 aliphatic rings. The molecule has 1 saturated carbocycles. The minimum absolute atomic E-state index is 0.778. The normalized spacial score (nSPS) is 28.2. The molecular formula is C16H34N2O24P8. The van der Waals surface area contributed by atoms with Gasteiger partial charge in [0.2, 0.25) is 0 Å². The average Bonchev–Trinajstić information content (AvgIpc) is 3.40. The van der Waals surface area contributed by atoms with Crippen LogP contribution in [0, 0.1) is 28.1 Å². The standard InChI is InChI=1S/C16H34N2O24P8/c17-4-14-2-1-6(3-14)9-15(14,5-18)7(10(43(19,20)21)44(22,23)24)8(11(45(25,26)27)46(28,29)30)16(9,12(47(31,32)33)48(34,35)36)13(49(37,38)39)50(40,41)42/h1-2,6,9-13H,3-5,17-18H2,(H2,19,20,21)(H2,22,23,24)(H2,25,26,27)(H2,28,29,30)(H2,31,32,33)(H2,34,35,36)(H2,37,38,39)(H2,40,41,42). The van der Waals surface area contributed by atoms with Crippen LogP contribution >= 0.6 is 60.8 Å². The number of rotatable bonds is 14. The van der Waals surface area contributed by atoms with E-state index in [0.717, 1.165) is 12.2 Å². The van der Waals surface area contributed by atoms with E-state index in [1.807, 2.05) is 0 Å². The number of nitrogens with two attached hydrogens (primary N) is 2. The maximum absolute atomic E-state index is 13.3. The van der Waals surface area contributed by atoms with Crippen LogP contribution < -0.4 is 11.5 Å². The average molecular weight is 886 g/mol. The minimum Gasteiger partial charge on any atom is -0.330 e. The molecule has 0 amide bonds. The molecule has 0 spiro atoms. The molecule has 20 N–H and O–H groups in total. The molecule has 34 heteroatoms. The lowest BCUT2D eigenvalue weighted by molar-refractivity contribution is 0.0616. The van der Waals surface area contributed by atoms with Crippen LogP contribution in [0.5, 0.6) is 0 Å². The van der Waals surface area contributed by atoms with E-state index in [1.54, 1.807) is 0 Å². The first-order chi connectivity index (χ1) is 21.8. The van der Waals surface area contributed by atoms with Crippen LogP contribution in [-0.4, -0.2) is 113 Å². The molecular weight excluding hydrogens is 852 g/mol. The van der Waals surface area contributed by atoms with Crippen LogP contribution in [0.15, 0.2) is 23.3 Å². The highest BCUT2D eigenvalue weighted by Crippen LogP contribution is 2.91. The van der Waals surface area contributed by atoms with Crippen LogP contribution in [0.3, 0.4) is 0 Å². The summed E-state index contributed by atoms with van der Waals surface area (Å²) in [7, 11) is -56.3. The molecule has 0 aromatic rings. The van der Waals surface area contributed by atoms with E-state index >= 15 is 0 Å². The molecule has 0 aromatic carbocycles. The molecule has 0 radical (unpaired) electrons. The molecule has 292 valence electrons. The molecule has 26 nitrogen and oxygen atoms in total. The van der Waals surface area contributed by atoms with Gasteiger partial charge in [-0.3, -0.25) is 36.5 Å². The fraction of sp³-hybridized carbons (Fsp3) is 0.750. The Hall–Kier alpha value is 0.600. The van der Waals surface area contributed by atoms with Crippen LogP contribution in [0.4, 0.5) is 0 Å². The fourth-order valence-corrected chi connectivity index (χ4v) is 22.3. The number of hydrogen-bond acceptors (Lipinski definition) is 10. The lowest BCUT2D eigenvalue weighted by atomic mass is 9.56. The molecule has 0 aliphatic heterocycles. The third kappa shape index (κ3) is 6.87. The van der Waals surface area contributed by atoms with Crippen molar-refractivity contribution in [1.29, 1.82) is 0 Å². The summed E-state index contributed by atoms with van der Waals surface area (Å²) < 4.78 is 106. The van der Waals surface area contributed by atoms with Crippen LogP contribution in [0.2, 0.25) is 0 Å². The monoisotopic (exact) mass is 886 g/mol. The second-order valence-corrected chi connectivity index (χ2v) is 27.4. The van der Waals surface area contributed by atoms with Crippen molar-refractivity contribution >= 4 is 60.8 Å². The summed E-state index contributed by atoms with van der Waals surface area (Å²) in [5.41, 5.74) is -3.37. The van der Waals surface area contributed by atoms with E-state index in [1.165, 1.54) is 0 Å². The van der Waals surface area contributed by atoms with E-state index in [4.69, 9.17) is 11.5 Å². The lowest BCUT2D eigenvalue weighted by Gasteiger charge is -2.54. The predicted octanol–water partition coefficient (Wildman–Crippen LogP) is -2.89. The summed E-state index contributed by atoms with van der Waals surface area (Å²) in [6, 6.07) is 0. The summed E-state index contributed by atoms with van der Waals surface area (Å²) >= 11 is 0. The van der Waals surface area contributed by atoms with Gasteiger partial charge in [-0.25, -0.2) is 0 Å². The highest BCUT2D eigenvalue weighted by atomic mass is 31.3. The Kier molecular flexibility index (Phi) is 11.5. The molecule has 3 rings (SSSR count). The van der Waals surface area contributed by atoms with Gasteiger partial charge in [-0.05, 0) is 29.4 Å². The second-order valence-electron chi connectivity index (χ2n) is 12.2. The Morgan fingerprint density at radius 2 is 0.860 bits per heavy atom. The number of allylic oxidation sites excluding steroid dienone is 2. The molecule has 1 fully saturated rings. The van der Waals surface area contributed by atoms with Gasteiger partial charge in [0.05, 0.1) is 0 Å². The van der Waals surface area contributed by atoms with Gasteiger partial charge < -0.3 is 89.8 Å². The van der Waals surface area contributed by atoms with Crippen molar-refractivity contribution in [3.63, 3.8) is 0 Å². The zero-order valence-corrected chi connectivity index (χ0v) is 31.5. The van der Waals surface area contributed by atoms with Crippen molar-refractivity contribution < 1.29 is 115 Å². The van der Waals surface area contributed by atoms with E-state index in [0.29, 0.717) is 0 Å². The highest BCUT2D eigenvalue weighted by Gasteiger charge is 2.87. The van der Waals surface area contributed by atoms with Gasteiger partial charge in [0.15, 0.2) is 21.6 Å². The quantitative estimate of drug-likeness (QED) is 0.0614. The first-order valence-corrected chi connectivity index (χ1v) is 26.5. The van der Waals surface area contributed by atoms with E-state index in [9.17, 15) is 115 Å². The van der Waals surface area contributed by atoms with Crippen LogP contribution in [0.1, 0.15) is 6.42 Å². The van der Waals surface area contributed by atoms with Crippen LogP contribution in [-0.2, 0) is 36.5 Å². The van der Waals surface area contributed by atoms with E-state index in [2.05, 4.69) is 0 Å². The van der Waals surface area contributed by atoms with Gasteiger partial charge in [0.1, 0.15) is 0 Å². The molecule has 3 aliphatic carbocycles. The minimum atomic E-state index is -7.14. The summed E-state index contributed by atoms with van der Waals surface area (Å²) in [5, 5.41) is -17.4. The lowest BCUT2D eigenvalue weighted by Crippen LogP contribution is -2.58. The smallest absolute Gasteiger partial charge is 0.330 e. The third-order valence-electron chi connectivity index (χ3n) is 9.47. The predicted molar refractivity (Wildman–Crippen MR) is 165 cm³/mol. The third-order valence-corrected chi connectivity index (χ3v) is 24.5. The Morgan fingerprint density at radius 1 is 0.540 bits per heavy atom. The zero-order valence-electron chi connectivity index (χ0n) is 24.4. The van der Waals surface area contributed by atoms with E-state index in [-0.39, 0.29) is 0 Å². The van der Waals surface area contributed by atoms with Gasteiger partial charge in [0.25, 0.3) is 0 Å². The van der Waals surface area contributed by atoms with Crippen LogP contribution in [0.25, 0.3) is 0 Å². The molecule has 0 aromatic heterocycles. The summed E-state index contributed by atoms with van der Waals surface area (Å²) in [5.74, 6) is -4.92. The van der Waals surface area contributed by atoms with Gasteiger partial charge in [-0.1, -0.05) is 12.2 Å². The maximum atomic E-state index is 13.3. The first kappa shape index (κ1) is 45.0. The highest BCUT2D eigenvalue weighted by molar-refractivity contribution is 7.74. The van der Waals surface area contributed by atoms with Crippen molar-refractivity contribution in [2.75, 3.05) is 13.1 Å². The van der Waals surface area contributed by atoms with Crippen molar-refractivity contribution in [3.05, 3.63) is 23.3 Å². The van der Waals surface area contributed by atoms with Gasteiger partial charge in [-0.15, -0.1) is 0 Å². The number of fused-ring (bicyclic) bond motifs is 5. The molecule has 50 heavy (non-hydrogen) atoms. The Morgan fingerprint density at radius 3 is 1.12 bits per heavy atom. The largest absolute Gasteiger partial charge is 0.344 e. The molecule has 0 heterocycles. The van der Waals surface area contributed by atoms with Crippen molar-refractivity contribution in [1.82, 2.24) is 0 Å². The molecule has 4 atom stereocenters. The number of hydrogen-bond donors (Lipinski definition) is 18. The van der Waals surface area contributed by atoms with Crippen molar-refractivity contribution in [2.24, 2.45) is 39.5 Å². The summed E-state index contributed by atoms with van der Waals surface area (Å²) in [6.07, 6.45) is 1.02. The fourth-order valence-electron chi connectivity index (χ4n) is 8.75. The van der Waals surface area contributed by atoms with Gasteiger partial charge in [-0.2, -0.15) is 0 Å². The topological polar surface area (TPSA) is 512 Å². The van der Waals surface area contributed by atoms with E-state index < -0.39 is 141 Å². The SMILES string of the molecule is NCC12C=CC(C1)C1C(C(P(=O)(O)O)P(=O)(O)O)(C(P(=O)(O)O)P(=O)(O)O)C(C(P(=O)(O)O)P(=O)(O)O)=C(C(P(=O)(O)O)P(=O)(O)O)C12CN. The Labute approximate surface area is 279 Å². The molecule has 4 unspecified atom stereocenters. The molecule has 0 saturated heterocycles. The Balaban J connectivity index is 3.21. The zero-order chi connectivity index (χ0) is 39.7. The second kappa shape index (κ2) is 12.8. The Bertz CT molecular complexity index is 1750. The van der Waals surface area contributed by atoms with Crippen molar-refractivity contribution in [3.8, 4) is 0 Å². The van der Waals surface area contributed by atoms with Crippen molar-refractivity contribution in [2.45, 2.75) is 28.0 Å². The maximum Gasteiger partial charge on any atom is 0.344 e. The molecule has 2 bridgehead atoms. The first-order valence-electron chi connectivity index (χ1n) is 13.0. The summed E-state index contributed by atoms with van der Waals surface area (Å²) in [4.78, 5) is 168.